The van der Waals surface area contributed by atoms with Gasteiger partial charge in [-0.2, -0.15) is 18.3 Å². The number of esters is 1. The van der Waals surface area contributed by atoms with Gasteiger partial charge < -0.3 is 15.2 Å². The molecule has 1 saturated heterocycles. The number of rotatable bonds is 6. The predicted molar refractivity (Wildman–Crippen MR) is 93.5 cm³/mol. The lowest BCUT2D eigenvalue weighted by Crippen LogP contribution is -2.70. The third kappa shape index (κ3) is 4.27. The third-order valence-electron chi connectivity index (χ3n) is 4.25. The Morgan fingerprint density at radius 2 is 2.10 bits per heavy atom. The van der Waals surface area contributed by atoms with Crippen LogP contribution in [0.1, 0.15) is 12.6 Å². The first-order valence-electron chi connectivity index (χ1n) is 8.42. The molecule has 0 unspecified atom stereocenters. The van der Waals surface area contributed by atoms with E-state index in [9.17, 15) is 37.5 Å². The van der Waals surface area contributed by atoms with Crippen molar-refractivity contribution >= 4 is 35.5 Å². The maximum atomic E-state index is 12.6. The van der Waals surface area contributed by atoms with Crippen LogP contribution in [-0.4, -0.2) is 67.3 Å². The molecule has 0 radical (unpaired) electrons. The van der Waals surface area contributed by atoms with Crippen molar-refractivity contribution in [3.05, 3.63) is 29.2 Å². The highest BCUT2D eigenvalue weighted by molar-refractivity contribution is 8.00. The molecule has 2 aliphatic rings. The normalized spacial score (nSPS) is 21.1. The van der Waals surface area contributed by atoms with E-state index in [0.29, 0.717) is 0 Å². The number of carboxylic acid groups (broad SMARTS) is 1. The van der Waals surface area contributed by atoms with E-state index in [1.165, 1.54) is 11.8 Å². The number of halogens is 3. The molecule has 1 fully saturated rings. The molecule has 162 valence electrons. The van der Waals surface area contributed by atoms with Gasteiger partial charge in [-0.3, -0.25) is 24.0 Å². The molecule has 10 nitrogen and oxygen atoms in total. The fraction of sp³-hybridized carbons (Fsp3) is 0.438. The number of fused-ring (bicyclic) bond motifs is 1. The third-order valence-corrected chi connectivity index (χ3v) is 5.59. The lowest BCUT2D eigenvalue weighted by molar-refractivity contribution is -0.151. The number of carboxylic acids is 1. The van der Waals surface area contributed by atoms with E-state index in [0.717, 1.165) is 28.8 Å². The number of aromatic nitrogens is 2. The van der Waals surface area contributed by atoms with Gasteiger partial charge in [-0.15, -0.1) is 11.8 Å². The second kappa shape index (κ2) is 8.01. The number of carbonyl (C=O) groups is 4. The quantitative estimate of drug-likeness (QED) is 0.466. The largest absolute Gasteiger partial charge is 0.477 e. The van der Waals surface area contributed by atoms with E-state index in [4.69, 9.17) is 4.74 Å². The van der Waals surface area contributed by atoms with E-state index in [-0.39, 0.29) is 23.6 Å². The van der Waals surface area contributed by atoms with E-state index < -0.39 is 53.6 Å². The minimum atomic E-state index is -4.64. The zero-order valence-corrected chi connectivity index (χ0v) is 16.1. The number of β-lactam (4-membered cyclic amide) rings is 1. The highest BCUT2D eigenvalue weighted by Crippen LogP contribution is 2.40. The number of carbonyl (C=O) groups excluding carboxylic acids is 3. The fourth-order valence-corrected chi connectivity index (χ4v) is 4.28. The zero-order valence-electron chi connectivity index (χ0n) is 15.3. The first-order valence-corrected chi connectivity index (χ1v) is 9.47. The Bertz CT molecular complexity index is 944. The number of nitrogens with zero attached hydrogens (tertiary/aromatic N) is 3. The Hall–Kier alpha value is -3.03. The number of nitrogens with one attached hydrogen (secondary N) is 1. The van der Waals surface area contributed by atoms with Crippen molar-refractivity contribution in [1.82, 2.24) is 20.0 Å². The topological polar surface area (TPSA) is 131 Å². The van der Waals surface area contributed by atoms with Gasteiger partial charge in [0.15, 0.2) is 5.69 Å². The number of amides is 2. The summed E-state index contributed by atoms with van der Waals surface area (Å²) < 4.78 is 43.3. The van der Waals surface area contributed by atoms with Crippen molar-refractivity contribution in [2.45, 2.75) is 31.1 Å². The van der Waals surface area contributed by atoms with Gasteiger partial charge >= 0.3 is 18.1 Å². The van der Waals surface area contributed by atoms with Crippen molar-refractivity contribution in [1.29, 1.82) is 0 Å². The molecule has 3 rings (SSSR count). The van der Waals surface area contributed by atoms with Crippen LogP contribution in [0.15, 0.2) is 23.5 Å². The predicted octanol–water partition coefficient (Wildman–Crippen LogP) is 0.204. The van der Waals surface area contributed by atoms with Crippen molar-refractivity contribution in [3.63, 3.8) is 0 Å². The standard InChI is InChI=1S/C16H15F3N4O6S/c1-7(24)29-5-8-6-30-14-11(13(26)23(14)12(8)15(27)28)20-10(25)4-22-3-2-9(21-22)16(17,18)19/h2-3,11,14H,4-6H2,1H3,(H,20,25)(H,27,28)/t11-,14-/m1/s1. The first-order chi connectivity index (χ1) is 14.0. The van der Waals surface area contributed by atoms with Gasteiger partial charge in [0.05, 0.1) is 0 Å². The molecule has 2 N–H and O–H groups in total. The first kappa shape index (κ1) is 21.7. The zero-order chi connectivity index (χ0) is 22.2. The number of hydrogen-bond acceptors (Lipinski definition) is 7. The van der Waals surface area contributed by atoms with Crippen molar-refractivity contribution in [3.8, 4) is 0 Å². The number of hydrogen-bond donors (Lipinski definition) is 2. The van der Waals surface area contributed by atoms with Crippen LogP contribution in [0.4, 0.5) is 13.2 Å². The molecular formula is C16H15F3N4O6S. The average Bonchev–Trinajstić information content (AvgIpc) is 3.12. The number of thioether (sulfide) groups is 1. The summed E-state index contributed by atoms with van der Waals surface area (Å²) >= 11 is 1.17. The van der Waals surface area contributed by atoms with E-state index in [2.05, 4.69) is 10.4 Å². The molecule has 2 aliphatic heterocycles. The lowest BCUT2D eigenvalue weighted by Gasteiger charge is -2.49. The smallest absolute Gasteiger partial charge is 0.435 e. The Balaban J connectivity index is 1.66. The summed E-state index contributed by atoms with van der Waals surface area (Å²) in [4.78, 5) is 48.1. The van der Waals surface area contributed by atoms with Crippen LogP contribution < -0.4 is 5.32 Å². The molecule has 14 heteroatoms. The van der Waals surface area contributed by atoms with Crippen LogP contribution in [0, 0.1) is 0 Å². The minimum Gasteiger partial charge on any atom is -0.477 e. The summed E-state index contributed by atoms with van der Waals surface area (Å²) in [5.74, 6) is -3.26. The minimum absolute atomic E-state index is 0.157. The van der Waals surface area contributed by atoms with Crippen molar-refractivity contribution < 1.29 is 42.2 Å². The maximum absolute atomic E-state index is 12.6. The molecule has 0 aromatic carbocycles. The van der Waals surface area contributed by atoms with Crippen LogP contribution in [0.2, 0.25) is 0 Å². The van der Waals surface area contributed by atoms with Gasteiger partial charge in [0.25, 0.3) is 5.91 Å². The Morgan fingerprint density at radius 1 is 1.40 bits per heavy atom. The molecular weight excluding hydrogens is 433 g/mol. The summed E-state index contributed by atoms with van der Waals surface area (Å²) in [6, 6.07) is -0.320. The maximum Gasteiger partial charge on any atom is 0.435 e. The molecule has 0 aliphatic carbocycles. The molecule has 0 saturated carbocycles. The molecule has 3 heterocycles. The summed E-state index contributed by atoms with van der Waals surface area (Å²) in [6.45, 7) is 0.340. The van der Waals surface area contributed by atoms with Gasteiger partial charge in [0.1, 0.15) is 30.3 Å². The van der Waals surface area contributed by atoms with Gasteiger partial charge in [0.2, 0.25) is 5.91 Å². The Labute approximate surface area is 171 Å². The molecule has 2 amide bonds. The van der Waals surface area contributed by atoms with E-state index >= 15 is 0 Å². The highest BCUT2D eigenvalue weighted by Gasteiger charge is 2.54. The van der Waals surface area contributed by atoms with Crippen molar-refractivity contribution in [2.75, 3.05) is 12.4 Å². The van der Waals surface area contributed by atoms with Crippen LogP contribution in [-0.2, 0) is 36.6 Å². The Kier molecular flexibility index (Phi) is 5.78. The summed E-state index contributed by atoms with van der Waals surface area (Å²) in [6.07, 6.45) is -3.66. The van der Waals surface area contributed by atoms with Crippen LogP contribution in [0.25, 0.3) is 0 Å². The second-order valence-electron chi connectivity index (χ2n) is 6.39. The Morgan fingerprint density at radius 3 is 2.67 bits per heavy atom. The summed E-state index contributed by atoms with van der Waals surface area (Å²) in [5.41, 5.74) is -1.22. The second-order valence-corrected chi connectivity index (χ2v) is 7.49. The summed E-state index contributed by atoms with van der Waals surface area (Å²) in [5, 5.41) is 14.4. The molecule has 1 aromatic rings. The molecule has 0 bridgehead atoms. The number of aliphatic carboxylic acids is 1. The van der Waals surface area contributed by atoms with Gasteiger partial charge in [-0.25, -0.2) is 4.79 Å². The van der Waals surface area contributed by atoms with Gasteiger partial charge in [-0.1, -0.05) is 0 Å². The van der Waals surface area contributed by atoms with Crippen LogP contribution >= 0.6 is 11.8 Å². The van der Waals surface area contributed by atoms with Crippen LogP contribution in [0.5, 0.6) is 0 Å². The fourth-order valence-electron chi connectivity index (χ4n) is 2.95. The monoisotopic (exact) mass is 448 g/mol. The SMILES string of the molecule is CC(=O)OCC1=C(C(=O)O)N2C(=O)[C@@H](NC(=O)Cn3ccc(C(F)(F)F)n3)[C@H]2SC1. The van der Waals surface area contributed by atoms with E-state index in [1.807, 2.05) is 0 Å². The molecule has 2 atom stereocenters. The van der Waals surface area contributed by atoms with E-state index in [1.54, 1.807) is 0 Å². The molecule has 30 heavy (non-hydrogen) atoms. The van der Waals surface area contributed by atoms with Gasteiger partial charge in [-0.05, 0) is 6.07 Å². The average molecular weight is 448 g/mol. The highest BCUT2D eigenvalue weighted by atomic mass is 32.2. The van der Waals surface area contributed by atoms with Crippen LogP contribution in [0.3, 0.4) is 0 Å². The van der Waals surface area contributed by atoms with Crippen molar-refractivity contribution in [2.24, 2.45) is 0 Å². The molecule has 1 aromatic heterocycles. The number of ether oxygens (including phenoxy) is 1. The van der Waals surface area contributed by atoms with Gasteiger partial charge in [0, 0.05) is 24.4 Å². The number of alkyl halides is 3. The lowest BCUT2D eigenvalue weighted by atomic mass is 10.0. The molecule has 0 spiro atoms. The summed E-state index contributed by atoms with van der Waals surface area (Å²) in [7, 11) is 0.